The van der Waals surface area contributed by atoms with Crippen molar-refractivity contribution >= 4 is 5.97 Å². The van der Waals surface area contributed by atoms with Crippen molar-refractivity contribution in [2.24, 2.45) is 0 Å². The van der Waals surface area contributed by atoms with E-state index in [1.54, 1.807) is 0 Å². The Bertz CT molecular complexity index is 543. The molecule has 4 heteroatoms. The Morgan fingerprint density at radius 1 is 0.500 bits per heavy atom. The van der Waals surface area contributed by atoms with Crippen molar-refractivity contribution in [1.82, 2.24) is 0 Å². The minimum absolute atomic E-state index is 0.0330. The van der Waals surface area contributed by atoms with Gasteiger partial charge in [0.1, 0.15) is 0 Å². The zero-order valence-corrected chi connectivity index (χ0v) is 28.8. The van der Waals surface area contributed by atoms with E-state index in [0.717, 1.165) is 32.1 Å². The van der Waals surface area contributed by atoms with Crippen LogP contribution in [0.5, 0.6) is 0 Å². The van der Waals surface area contributed by atoms with E-state index < -0.39 is 0 Å². The van der Waals surface area contributed by atoms with E-state index in [1.165, 1.54) is 154 Å². The van der Waals surface area contributed by atoms with Crippen LogP contribution in [0, 0.1) is 0 Å². The largest absolute Gasteiger partial charge is 0.466 e. The summed E-state index contributed by atoms with van der Waals surface area (Å²) in [5, 5.41) is 0. The molecule has 0 N–H and O–H groups in total. The van der Waals surface area contributed by atoms with Gasteiger partial charge in [0, 0.05) is 6.42 Å². The maximum absolute atomic E-state index is 12.2. The van der Waals surface area contributed by atoms with Crippen molar-refractivity contribution in [2.45, 2.75) is 232 Å². The molecule has 42 heavy (non-hydrogen) atoms. The van der Waals surface area contributed by atoms with Crippen LogP contribution in [0.25, 0.3) is 0 Å². The van der Waals surface area contributed by atoms with Gasteiger partial charge in [-0.05, 0) is 44.9 Å². The Balaban J connectivity index is 2.08. The van der Waals surface area contributed by atoms with Crippen molar-refractivity contribution in [3.05, 3.63) is 0 Å². The highest BCUT2D eigenvalue weighted by Gasteiger charge is 2.29. The van der Waals surface area contributed by atoms with Crippen LogP contribution in [-0.2, 0) is 19.0 Å². The first-order valence-corrected chi connectivity index (χ1v) is 19.2. The molecular formula is C38H74O4. The first-order chi connectivity index (χ1) is 20.7. The normalized spacial score (nSPS) is 18.9. The van der Waals surface area contributed by atoms with Gasteiger partial charge in [0.2, 0.25) is 0 Å². The van der Waals surface area contributed by atoms with Crippen molar-refractivity contribution in [1.29, 1.82) is 0 Å². The Kier molecular flexibility index (Phi) is 28.5. The first-order valence-electron chi connectivity index (χ1n) is 19.2. The van der Waals surface area contributed by atoms with E-state index in [-0.39, 0.29) is 12.3 Å². The number of esters is 1. The number of ether oxygens (including phenoxy) is 3. The molecule has 1 aliphatic rings. The summed E-state index contributed by atoms with van der Waals surface area (Å²) in [5.74, 6) is -0.0330. The van der Waals surface area contributed by atoms with Crippen LogP contribution in [0.4, 0.5) is 0 Å². The lowest BCUT2D eigenvalue weighted by Gasteiger charge is -2.36. The van der Waals surface area contributed by atoms with Gasteiger partial charge in [0.05, 0.1) is 18.8 Å². The number of rotatable bonds is 31. The highest BCUT2D eigenvalue weighted by molar-refractivity contribution is 5.69. The minimum atomic E-state index is -0.0955. The van der Waals surface area contributed by atoms with Crippen LogP contribution in [0.2, 0.25) is 0 Å². The lowest BCUT2D eigenvalue weighted by atomic mass is 9.98. The number of hydrogen-bond donors (Lipinski definition) is 0. The maximum atomic E-state index is 12.2. The molecule has 1 heterocycles. The molecule has 4 nitrogen and oxygen atoms in total. The molecule has 250 valence electrons. The Labute approximate surface area is 263 Å². The highest BCUT2D eigenvalue weighted by Crippen LogP contribution is 2.28. The standard InChI is InChI=1S/C38H74O4/c1-4-7-10-13-14-15-16-17-18-19-20-23-28-33-40-37(39)31-26-27-32-38-41-35(29-24-21-11-8-5-2)34-36(42-38)30-25-22-12-9-6-3/h35-36,38H,4-34H2,1-3H3. The van der Waals surface area contributed by atoms with E-state index in [9.17, 15) is 4.79 Å². The number of carbonyl (C=O) groups excluding carboxylic acids is 1. The van der Waals surface area contributed by atoms with Crippen LogP contribution >= 0.6 is 0 Å². The van der Waals surface area contributed by atoms with Gasteiger partial charge in [-0.1, -0.05) is 162 Å². The van der Waals surface area contributed by atoms with Gasteiger partial charge in [-0.25, -0.2) is 0 Å². The molecule has 2 unspecified atom stereocenters. The van der Waals surface area contributed by atoms with Gasteiger partial charge < -0.3 is 14.2 Å². The van der Waals surface area contributed by atoms with Gasteiger partial charge in [-0.3, -0.25) is 4.79 Å². The van der Waals surface area contributed by atoms with Crippen molar-refractivity contribution in [3.8, 4) is 0 Å². The second-order valence-corrected chi connectivity index (χ2v) is 13.3. The molecule has 0 aromatic carbocycles. The smallest absolute Gasteiger partial charge is 0.305 e. The third-order valence-electron chi connectivity index (χ3n) is 9.06. The van der Waals surface area contributed by atoms with Crippen LogP contribution < -0.4 is 0 Å². The molecule has 0 radical (unpaired) electrons. The molecule has 0 aliphatic carbocycles. The molecule has 2 atom stereocenters. The maximum Gasteiger partial charge on any atom is 0.305 e. The van der Waals surface area contributed by atoms with Gasteiger partial charge in [0.25, 0.3) is 0 Å². The number of carbonyl (C=O) groups is 1. The fourth-order valence-corrected chi connectivity index (χ4v) is 6.28. The lowest BCUT2D eigenvalue weighted by molar-refractivity contribution is -0.247. The van der Waals surface area contributed by atoms with Crippen LogP contribution in [0.3, 0.4) is 0 Å². The zero-order chi connectivity index (χ0) is 30.4. The fourth-order valence-electron chi connectivity index (χ4n) is 6.28. The summed E-state index contributed by atoms with van der Waals surface area (Å²) in [5.41, 5.74) is 0. The average Bonchev–Trinajstić information content (AvgIpc) is 2.99. The van der Waals surface area contributed by atoms with Crippen molar-refractivity contribution in [3.63, 3.8) is 0 Å². The Morgan fingerprint density at radius 3 is 1.33 bits per heavy atom. The fraction of sp³-hybridized carbons (Fsp3) is 0.974. The van der Waals surface area contributed by atoms with E-state index in [0.29, 0.717) is 25.2 Å². The molecule has 1 fully saturated rings. The van der Waals surface area contributed by atoms with Gasteiger partial charge in [0.15, 0.2) is 6.29 Å². The summed E-state index contributed by atoms with van der Waals surface area (Å²) in [6.07, 6.45) is 37.8. The molecule has 0 aromatic rings. The molecule has 1 saturated heterocycles. The number of unbranched alkanes of at least 4 members (excludes halogenated alkanes) is 21. The van der Waals surface area contributed by atoms with Crippen LogP contribution in [-0.4, -0.2) is 31.1 Å². The van der Waals surface area contributed by atoms with Gasteiger partial charge >= 0.3 is 5.97 Å². The molecule has 0 amide bonds. The second-order valence-electron chi connectivity index (χ2n) is 13.3. The third-order valence-corrected chi connectivity index (χ3v) is 9.06. The average molecular weight is 595 g/mol. The minimum Gasteiger partial charge on any atom is -0.466 e. The van der Waals surface area contributed by atoms with E-state index in [4.69, 9.17) is 14.2 Å². The molecule has 0 aromatic heterocycles. The molecule has 1 rings (SSSR count). The molecule has 0 saturated carbocycles. The summed E-state index contributed by atoms with van der Waals surface area (Å²) in [6.45, 7) is 7.42. The molecule has 0 bridgehead atoms. The highest BCUT2D eigenvalue weighted by atomic mass is 16.7. The Hall–Kier alpha value is -0.610. The molecule has 0 spiro atoms. The summed E-state index contributed by atoms with van der Waals surface area (Å²) in [6, 6.07) is 0. The quantitative estimate of drug-likeness (QED) is 0.0591. The van der Waals surface area contributed by atoms with E-state index in [1.807, 2.05) is 0 Å². The summed E-state index contributed by atoms with van der Waals surface area (Å²) < 4.78 is 18.3. The molecule has 1 aliphatic heterocycles. The number of hydrogen-bond acceptors (Lipinski definition) is 4. The monoisotopic (exact) mass is 595 g/mol. The van der Waals surface area contributed by atoms with E-state index in [2.05, 4.69) is 20.8 Å². The van der Waals surface area contributed by atoms with Crippen LogP contribution in [0.1, 0.15) is 213 Å². The molecular weight excluding hydrogens is 520 g/mol. The van der Waals surface area contributed by atoms with Gasteiger partial charge in [-0.15, -0.1) is 0 Å². The van der Waals surface area contributed by atoms with Crippen LogP contribution in [0.15, 0.2) is 0 Å². The predicted molar refractivity (Wildman–Crippen MR) is 180 cm³/mol. The third kappa shape index (κ3) is 24.8. The summed E-state index contributed by atoms with van der Waals surface area (Å²) in [4.78, 5) is 12.2. The Morgan fingerprint density at radius 2 is 0.881 bits per heavy atom. The topological polar surface area (TPSA) is 44.8 Å². The summed E-state index contributed by atoms with van der Waals surface area (Å²) >= 11 is 0. The van der Waals surface area contributed by atoms with Crippen molar-refractivity contribution < 1.29 is 19.0 Å². The van der Waals surface area contributed by atoms with Crippen molar-refractivity contribution in [2.75, 3.05) is 6.61 Å². The zero-order valence-electron chi connectivity index (χ0n) is 28.8. The predicted octanol–water partition coefficient (Wildman–Crippen LogP) is 12.4. The second kappa shape index (κ2) is 30.4. The summed E-state index contributed by atoms with van der Waals surface area (Å²) in [7, 11) is 0. The van der Waals surface area contributed by atoms with Gasteiger partial charge in [-0.2, -0.15) is 0 Å². The lowest BCUT2D eigenvalue weighted by Crippen LogP contribution is -2.38. The first kappa shape index (κ1) is 39.4. The van der Waals surface area contributed by atoms with E-state index >= 15 is 0 Å². The SMILES string of the molecule is CCCCCCCCCCCCCCCOC(=O)CCCCC1OC(CCCCCCC)CC(CCCCCCC)O1.